The quantitative estimate of drug-likeness (QED) is 0.873. The molecule has 1 aromatic rings. The van der Waals surface area contributed by atoms with Crippen molar-refractivity contribution in [2.24, 2.45) is 0 Å². The molecule has 1 unspecified atom stereocenters. The van der Waals surface area contributed by atoms with Crippen LogP contribution in [0.15, 0.2) is 30.3 Å². The van der Waals surface area contributed by atoms with Gasteiger partial charge in [0.15, 0.2) is 9.84 Å². The van der Waals surface area contributed by atoms with E-state index in [0.29, 0.717) is 6.54 Å². The summed E-state index contributed by atoms with van der Waals surface area (Å²) in [5.41, 5.74) is 0.811. The Hall–Kier alpha value is -1.40. The lowest BCUT2D eigenvalue weighted by Gasteiger charge is -2.25. The molecule has 6 heteroatoms. The van der Waals surface area contributed by atoms with Crippen molar-refractivity contribution in [3.05, 3.63) is 30.3 Å². The van der Waals surface area contributed by atoms with E-state index in [-0.39, 0.29) is 29.9 Å². The minimum Gasteiger partial charge on any atom is -0.315 e. The molecule has 1 heterocycles. The normalized spacial score (nSPS) is 21.8. The number of anilines is 1. The molecule has 104 valence electrons. The zero-order valence-corrected chi connectivity index (χ0v) is 11.7. The van der Waals surface area contributed by atoms with Gasteiger partial charge < -0.3 is 10.2 Å². The van der Waals surface area contributed by atoms with Crippen molar-refractivity contribution in [1.82, 2.24) is 5.32 Å². The number of hydrogen-bond donors (Lipinski definition) is 1. The maximum atomic E-state index is 12.1. The Morgan fingerprint density at radius 2 is 2.05 bits per heavy atom. The molecule has 0 spiro atoms. The van der Waals surface area contributed by atoms with E-state index in [0.717, 1.165) is 5.69 Å². The van der Waals surface area contributed by atoms with Crippen molar-refractivity contribution in [2.45, 2.75) is 12.5 Å². The summed E-state index contributed by atoms with van der Waals surface area (Å²) in [5, 5.41) is 3.09. The summed E-state index contributed by atoms with van der Waals surface area (Å²) in [6.45, 7) is 0.426. The topological polar surface area (TPSA) is 66.5 Å². The number of carbonyl (C=O) groups is 1. The maximum absolute atomic E-state index is 12.1. The number of nitrogens with zero attached hydrogens (tertiary/aromatic N) is 1. The molecule has 1 atom stereocenters. The van der Waals surface area contributed by atoms with Gasteiger partial charge in [0.2, 0.25) is 5.91 Å². The van der Waals surface area contributed by atoms with E-state index >= 15 is 0 Å². The number of hydrogen-bond acceptors (Lipinski definition) is 4. The van der Waals surface area contributed by atoms with Gasteiger partial charge in [0.1, 0.15) is 0 Å². The average Bonchev–Trinajstić information content (AvgIpc) is 2.37. The second-order valence-electron chi connectivity index (χ2n) is 4.76. The van der Waals surface area contributed by atoms with Crippen LogP contribution in [-0.2, 0) is 14.6 Å². The molecule has 1 aliphatic rings. The van der Waals surface area contributed by atoms with Crippen molar-refractivity contribution in [3.8, 4) is 0 Å². The van der Waals surface area contributed by atoms with Gasteiger partial charge in [-0.1, -0.05) is 18.2 Å². The van der Waals surface area contributed by atoms with E-state index in [9.17, 15) is 13.2 Å². The molecular weight excluding hydrogens is 264 g/mol. The summed E-state index contributed by atoms with van der Waals surface area (Å²) in [6, 6.07) is 9.03. The Morgan fingerprint density at radius 1 is 1.37 bits per heavy atom. The molecule has 0 saturated carbocycles. The maximum Gasteiger partial charge on any atom is 0.228 e. The number of benzene rings is 1. The van der Waals surface area contributed by atoms with E-state index in [1.54, 1.807) is 11.9 Å². The third-order valence-electron chi connectivity index (χ3n) is 3.24. The average molecular weight is 282 g/mol. The fourth-order valence-corrected chi connectivity index (χ4v) is 3.59. The summed E-state index contributed by atoms with van der Waals surface area (Å²) in [6.07, 6.45) is 0.199. The molecule has 1 N–H and O–H groups in total. The van der Waals surface area contributed by atoms with Gasteiger partial charge in [0.05, 0.1) is 11.5 Å². The Kier molecular flexibility index (Phi) is 4.21. The Morgan fingerprint density at radius 3 is 2.68 bits per heavy atom. The lowest BCUT2D eigenvalue weighted by atomic mass is 10.2. The van der Waals surface area contributed by atoms with Crippen molar-refractivity contribution < 1.29 is 13.2 Å². The van der Waals surface area contributed by atoms with Crippen LogP contribution in [0.5, 0.6) is 0 Å². The molecule has 1 amide bonds. The van der Waals surface area contributed by atoms with E-state index in [1.807, 2.05) is 30.3 Å². The van der Waals surface area contributed by atoms with Gasteiger partial charge in [-0.25, -0.2) is 8.42 Å². The van der Waals surface area contributed by atoms with Gasteiger partial charge in [-0.2, -0.15) is 0 Å². The molecule has 2 rings (SSSR count). The largest absolute Gasteiger partial charge is 0.315 e. The van der Waals surface area contributed by atoms with Crippen molar-refractivity contribution in [2.75, 3.05) is 30.0 Å². The molecule has 0 aromatic heterocycles. The van der Waals surface area contributed by atoms with Crippen LogP contribution in [0.4, 0.5) is 5.69 Å². The van der Waals surface area contributed by atoms with E-state index < -0.39 is 9.84 Å². The first-order valence-electron chi connectivity index (χ1n) is 6.23. The summed E-state index contributed by atoms with van der Waals surface area (Å²) in [5.74, 6) is 0.119. The zero-order valence-electron chi connectivity index (χ0n) is 10.9. The van der Waals surface area contributed by atoms with E-state index in [4.69, 9.17) is 0 Å². The SMILES string of the molecule is CN(C(=O)CC1CS(=O)(=O)CCN1)c1ccccc1. The molecule has 19 heavy (non-hydrogen) atoms. The van der Waals surface area contributed by atoms with Crippen LogP contribution in [-0.4, -0.2) is 45.5 Å². The lowest BCUT2D eigenvalue weighted by Crippen LogP contribution is -2.47. The standard InChI is InChI=1S/C13H18N2O3S/c1-15(12-5-3-2-4-6-12)13(16)9-11-10-19(17,18)8-7-14-11/h2-6,11,14H,7-10H2,1H3. The second-order valence-corrected chi connectivity index (χ2v) is 6.99. The zero-order chi connectivity index (χ0) is 13.9. The predicted octanol–water partition coefficient (Wildman–Crippen LogP) is 0.426. The molecule has 0 aliphatic carbocycles. The van der Waals surface area contributed by atoms with E-state index in [2.05, 4.69) is 5.32 Å². The molecule has 1 saturated heterocycles. The molecule has 0 radical (unpaired) electrons. The number of carbonyl (C=O) groups excluding carboxylic acids is 1. The van der Waals surface area contributed by atoms with Gasteiger partial charge in [-0.15, -0.1) is 0 Å². The highest BCUT2D eigenvalue weighted by atomic mass is 32.2. The Balaban J connectivity index is 1.98. The fraction of sp³-hybridized carbons (Fsp3) is 0.462. The third-order valence-corrected chi connectivity index (χ3v) is 4.98. The van der Waals surface area contributed by atoms with Crippen molar-refractivity contribution in [3.63, 3.8) is 0 Å². The van der Waals surface area contributed by atoms with Crippen LogP contribution in [0.25, 0.3) is 0 Å². The van der Waals surface area contributed by atoms with Crippen LogP contribution in [0.3, 0.4) is 0 Å². The first-order valence-corrected chi connectivity index (χ1v) is 8.05. The van der Waals surface area contributed by atoms with Gasteiger partial charge in [0, 0.05) is 31.7 Å². The first-order chi connectivity index (χ1) is 8.98. The summed E-state index contributed by atoms with van der Waals surface area (Å²) < 4.78 is 23.0. The number of nitrogens with one attached hydrogen (secondary N) is 1. The van der Waals surface area contributed by atoms with Crippen LogP contribution in [0.1, 0.15) is 6.42 Å². The van der Waals surface area contributed by atoms with Gasteiger partial charge in [-0.3, -0.25) is 4.79 Å². The molecule has 0 bridgehead atoms. The highest BCUT2D eigenvalue weighted by molar-refractivity contribution is 7.91. The first kappa shape index (κ1) is 14.0. The number of sulfone groups is 1. The number of amides is 1. The van der Waals surface area contributed by atoms with Crippen LogP contribution in [0, 0.1) is 0 Å². The monoisotopic (exact) mass is 282 g/mol. The van der Waals surface area contributed by atoms with Gasteiger partial charge in [-0.05, 0) is 12.1 Å². The highest BCUT2D eigenvalue weighted by Gasteiger charge is 2.27. The molecule has 5 nitrogen and oxygen atoms in total. The Bertz CT molecular complexity index is 542. The molecule has 1 aliphatic heterocycles. The van der Waals surface area contributed by atoms with Crippen LogP contribution < -0.4 is 10.2 Å². The van der Waals surface area contributed by atoms with Crippen LogP contribution in [0.2, 0.25) is 0 Å². The molecule has 1 fully saturated rings. The lowest BCUT2D eigenvalue weighted by molar-refractivity contribution is -0.118. The molecule has 1 aromatic carbocycles. The smallest absolute Gasteiger partial charge is 0.228 e. The van der Waals surface area contributed by atoms with Crippen molar-refractivity contribution in [1.29, 1.82) is 0 Å². The number of para-hydroxylation sites is 1. The highest BCUT2D eigenvalue weighted by Crippen LogP contribution is 2.14. The van der Waals surface area contributed by atoms with Gasteiger partial charge in [0.25, 0.3) is 0 Å². The van der Waals surface area contributed by atoms with Crippen LogP contribution >= 0.6 is 0 Å². The minimum absolute atomic E-state index is 0.0430. The second kappa shape index (κ2) is 5.71. The summed E-state index contributed by atoms with van der Waals surface area (Å²) in [7, 11) is -1.30. The van der Waals surface area contributed by atoms with Crippen molar-refractivity contribution >= 4 is 21.4 Å². The van der Waals surface area contributed by atoms with E-state index in [1.165, 1.54) is 0 Å². The third kappa shape index (κ3) is 3.78. The predicted molar refractivity (Wildman–Crippen MR) is 74.9 cm³/mol. The summed E-state index contributed by atoms with van der Waals surface area (Å²) in [4.78, 5) is 13.7. The van der Waals surface area contributed by atoms with Gasteiger partial charge >= 0.3 is 0 Å². The summed E-state index contributed by atoms with van der Waals surface area (Å²) >= 11 is 0. The number of rotatable bonds is 3. The Labute approximate surface area is 113 Å². The minimum atomic E-state index is -3.00. The molecular formula is C13H18N2O3S. The fourth-order valence-electron chi connectivity index (χ4n) is 2.14.